The summed E-state index contributed by atoms with van der Waals surface area (Å²) in [6, 6.07) is 12.9. The third-order valence-electron chi connectivity index (χ3n) is 7.55. The molecule has 0 aliphatic rings. The van der Waals surface area contributed by atoms with Gasteiger partial charge < -0.3 is 9.96 Å². The van der Waals surface area contributed by atoms with E-state index in [1.54, 1.807) is 0 Å². The maximum atomic E-state index is 13.9. The predicted octanol–water partition coefficient (Wildman–Crippen LogP) is 13.9. The SMILES string of the molecule is CC(=Nc1c(C(C)C)cccc1C(C)C)/C(C(=O)C(C)(C)C)=C(/C)[N-]c1c(C(C)C)cccc1C(C)C.C[Si](C)(C)[N-][Si](C)(C)C.[Zn+2]. The van der Waals surface area contributed by atoms with Crippen LogP contribution >= 0.6 is 0 Å². The van der Waals surface area contributed by atoms with Crippen LogP contribution in [0.5, 0.6) is 0 Å². The van der Waals surface area contributed by atoms with Gasteiger partial charge in [0, 0.05) is 16.7 Å². The first kappa shape index (κ1) is 45.3. The average Bonchev–Trinajstić information content (AvgIpc) is 2.86. The van der Waals surface area contributed by atoms with Gasteiger partial charge >= 0.3 is 19.5 Å². The molecular weight excluding hydrogens is 660 g/mol. The number of rotatable bonds is 11. The number of ketones is 1. The zero-order valence-corrected chi connectivity index (χ0v) is 38.7. The number of allylic oxidation sites excluding steroid dienone is 2. The molecule has 2 aromatic carbocycles. The fraction of sp³-hybridized carbons (Fsp3) is 0.600. The molecule has 4 nitrogen and oxygen atoms in total. The van der Waals surface area contributed by atoms with Gasteiger partial charge in [-0.25, -0.2) is 0 Å². The molecule has 0 bridgehead atoms. The molecular formula is C40H67N3OSi2Zn. The number of hydrogen-bond donors (Lipinski definition) is 0. The molecule has 0 amide bonds. The standard InChI is InChI=1S/C34H50N2O.C6H18NSi2.Zn/c1-20(2)26-16-14-17-27(21(3)4)31(26)35-24(9)30(33(37)34(11,12)13)25(10)36-32-28(22(5)6)18-15-19-29(32)23(7)8;1-8(2,3)7-9(4,5)6;/h14-23H,1-13H3,(H,35,36,37);1-6H3;/q;-1;+2/p-1. The van der Waals surface area contributed by atoms with Crippen LogP contribution in [0, 0.1) is 5.41 Å². The molecule has 2 aromatic rings. The number of para-hydroxylation sites is 2. The van der Waals surface area contributed by atoms with E-state index in [2.05, 4.69) is 131 Å². The number of benzene rings is 2. The molecule has 0 atom stereocenters. The summed E-state index contributed by atoms with van der Waals surface area (Å²) in [6.45, 7) is 41.2. The number of carbonyl (C=O) groups is 1. The van der Waals surface area contributed by atoms with Gasteiger partial charge in [-0.2, -0.15) is 0 Å². The van der Waals surface area contributed by atoms with Crippen LogP contribution in [-0.4, -0.2) is 28.0 Å². The van der Waals surface area contributed by atoms with E-state index in [9.17, 15) is 4.79 Å². The number of nitrogens with zero attached hydrogens (tertiary/aromatic N) is 3. The molecule has 0 aliphatic carbocycles. The minimum Gasteiger partial charge on any atom is -0.668 e. The second-order valence-corrected chi connectivity index (χ2v) is 26.6. The quantitative estimate of drug-likeness (QED) is 0.129. The number of carbonyl (C=O) groups excluding carboxylic acids is 1. The van der Waals surface area contributed by atoms with Crippen LogP contribution in [0.4, 0.5) is 11.4 Å². The summed E-state index contributed by atoms with van der Waals surface area (Å²) in [6.07, 6.45) is 0. The first-order chi connectivity index (χ1) is 20.8. The summed E-state index contributed by atoms with van der Waals surface area (Å²) in [5.41, 5.74) is 8.31. The van der Waals surface area contributed by atoms with Crippen molar-refractivity contribution in [3.63, 3.8) is 0 Å². The van der Waals surface area contributed by atoms with Gasteiger partial charge in [0.05, 0.1) is 5.69 Å². The van der Waals surface area contributed by atoms with Crippen molar-refractivity contribution in [3.8, 4) is 0 Å². The molecule has 0 saturated carbocycles. The second kappa shape index (κ2) is 18.4. The molecule has 0 N–H and O–H groups in total. The van der Waals surface area contributed by atoms with Crippen LogP contribution in [0.1, 0.15) is 136 Å². The van der Waals surface area contributed by atoms with Crippen molar-refractivity contribution in [2.75, 3.05) is 0 Å². The number of aliphatic imine (C=N–C) groups is 1. The number of Topliss-reactive ketones (excluding diaryl/α,β-unsaturated/α-hetero) is 1. The molecule has 0 unspecified atom stereocenters. The molecule has 2 rings (SSSR count). The Labute approximate surface area is 305 Å². The summed E-state index contributed by atoms with van der Waals surface area (Å²) >= 11 is 0. The van der Waals surface area contributed by atoms with E-state index in [1.807, 2.05) is 34.6 Å². The van der Waals surface area contributed by atoms with Crippen molar-refractivity contribution in [3.05, 3.63) is 79.9 Å². The Morgan fingerprint density at radius 1 is 0.660 bits per heavy atom. The fourth-order valence-electron chi connectivity index (χ4n) is 5.70. The van der Waals surface area contributed by atoms with E-state index in [0.29, 0.717) is 29.2 Å². The maximum Gasteiger partial charge on any atom is 2.00 e. The molecule has 0 aliphatic heterocycles. The van der Waals surface area contributed by atoms with Gasteiger partial charge in [0.25, 0.3) is 0 Å². The summed E-state index contributed by atoms with van der Waals surface area (Å²) < 4.78 is 4.82. The van der Waals surface area contributed by atoms with E-state index in [-0.39, 0.29) is 25.3 Å². The van der Waals surface area contributed by atoms with Gasteiger partial charge in [0.2, 0.25) is 0 Å². The normalized spacial score (nSPS) is 13.4. The Bertz CT molecular complexity index is 1320. The van der Waals surface area contributed by atoms with E-state index in [4.69, 9.17) is 15.0 Å². The van der Waals surface area contributed by atoms with Crippen molar-refractivity contribution < 1.29 is 24.3 Å². The van der Waals surface area contributed by atoms with Gasteiger partial charge in [0.1, 0.15) is 0 Å². The zero-order chi connectivity index (χ0) is 35.9. The zero-order valence-electron chi connectivity index (χ0n) is 33.7. The van der Waals surface area contributed by atoms with Crippen molar-refractivity contribution in [1.82, 2.24) is 0 Å². The van der Waals surface area contributed by atoms with E-state index < -0.39 is 21.9 Å². The first-order valence-electron chi connectivity index (χ1n) is 17.3. The van der Waals surface area contributed by atoms with Crippen molar-refractivity contribution in [2.45, 2.75) is 153 Å². The van der Waals surface area contributed by atoms with Crippen LogP contribution in [0.2, 0.25) is 39.3 Å². The summed E-state index contributed by atoms with van der Waals surface area (Å²) in [7, 11) is -2.21. The Hall–Kier alpha value is -1.66. The minimum absolute atomic E-state index is 0. The van der Waals surface area contributed by atoms with Crippen LogP contribution in [0.3, 0.4) is 0 Å². The third-order valence-corrected chi connectivity index (χ3v) is 12.9. The molecule has 0 saturated heterocycles. The predicted molar refractivity (Wildman–Crippen MR) is 212 cm³/mol. The monoisotopic (exact) mass is 725 g/mol. The molecule has 0 heterocycles. The first-order valence-corrected chi connectivity index (χ1v) is 24.2. The van der Waals surface area contributed by atoms with E-state index in [1.165, 1.54) is 22.3 Å². The minimum atomic E-state index is -1.11. The van der Waals surface area contributed by atoms with E-state index >= 15 is 0 Å². The molecule has 0 fully saturated rings. The Morgan fingerprint density at radius 3 is 1.28 bits per heavy atom. The summed E-state index contributed by atoms with van der Waals surface area (Å²) in [5, 5.41) is 5.19. The van der Waals surface area contributed by atoms with Gasteiger partial charge in [-0.05, 0) is 41.7 Å². The van der Waals surface area contributed by atoms with Crippen LogP contribution < -0.4 is 0 Å². The topological polar surface area (TPSA) is 57.6 Å². The van der Waals surface area contributed by atoms with Crippen molar-refractivity contribution >= 4 is 39.3 Å². The average molecular weight is 728 g/mol. The Morgan fingerprint density at radius 2 is 1.00 bits per heavy atom. The van der Waals surface area contributed by atoms with Gasteiger partial charge in [-0.3, -0.25) is 9.79 Å². The van der Waals surface area contributed by atoms with Gasteiger partial charge in [-0.15, -0.1) is 11.4 Å². The maximum absolute atomic E-state index is 13.9. The molecule has 7 heteroatoms. The number of hydrogen-bond acceptors (Lipinski definition) is 2. The summed E-state index contributed by atoms with van der Waals surface area (Å²) in [4.78, 5) is 19.1. The van der Waals surface area contributed by atoms with Crippen LogP contribution in [0.15, 0.2) is 52.7 Å². The van der Waals surface area contributed by atoms with Crippen LogP contribution in [0.25, 0.3) is 9.96 Å². The molecule has 0 aromatic heterocycles. The second-order valence-electron chi connectivity index (χ2n) is 17.0. The van der Waals surface area contributed by atoms with Gasteiger partial charge in [0.15, 0.2) is 5.78 Å². The third kappa shape index (κ3) is 14.4. The molecule has 258 valence electrons. The van der Waals surface area contributed by atoms with Crippen molar-refractivity contribution in [2.24, 2.45) is 10.4 Å². The van der Waals surface area contributed by atoms with Crippen LogP contribution in [-0.2, 0) is 24.3 Å². The molecule has 0 spiro atoms. The molecule has 0 radical (unpaired) electrons. The fourth-order valence-corrected chi connectivity index (χ4v) is 13.8. The summed E-state index contributed by atoms with van der Waals surface area (Å²) in [5.74, 6) is 1.37. The molecule has 47 heavy (non-hydrogen) atoms. The van der Waals surface area contributed by atoms with Crippen molar-refractivity contribution in [1.29, 1.82) is 0 Å². The van der Waals surface area contributed by atoms with Gasteiger partial charge in [-0.1, -0.05) is 186 Å². The smallest absolute Gasteiger partial charge is 0.668 e. The largest absolute Gasteiger partial charge is 2.00 e. The Balaban J connectivity index is 0.00000184. The van der Waals surface area contributed by atoms with E-state index in [0.717, 1.165) is 22.8 Å². The Kier molecular flexibility index (Phi) is 17.7.